The van der Waals surface area contributed by atoms with Crippen LogP contribution in [0.4, 0.5) is 0 Å². The van der Waals surface area contributed by atoms with E-state index in [1.54, 1.807) is 0 Å². The van der Waals surface area contributed by atoms with Crippen LogP contribution in [-0.2, 0) is 14.3 Å². The summed E-state index contributed by atoms with van der Waals surface area (Å²) >= 11 is 0. The molecule has 0 aromatic heterocycles. The van der Waals surface area contributed by atoms with Crippen molar-refractivity contribution in [3.05, 3.63) is 0 Å². The average Bonchev–Trinajstić information content (AvgIpc) is 2.15. The van der Waals surface area contributed by atoms with Gasteiger partial charge in [0, 0.05) is 19.8 Å². The monoisotopic (exact) mass is 215 g/mol. The summed E-state index contributed by atoms with van der Waals surface area (Å²) < 4.78 is 5.23. The molecule has 1 heterocycles. The molecule has 0 saturated carbocycles. The van der Waals surface area contributed by atoms with Gasteiger partial charge in [0.2, 0.25) is 5.91 Å². The van der Waals surface area contributed by atoms with Gasteiger partial charge in [-0.15, -0.1) is 0 Å². The van der Waals surface area contributed by atoms with Crippen molar-refractivity contribution in [1.82, 2.24) is 5.32 Å². The minimum absolute atomic E-state index is 0.0480. The lowest BCUT2D eigenvalue weighted by molar-refractivity contribution is -0.140. The molecule has 86 valence electrons. The van der Waals surface area contributed by atoms with Crippen LogP contribution in [0.25, 0.3) is 0 Å². The number of hydrogen-bond acceptors (Lipinski definition) is 3. The van der Waals surface area contributed by atoms with Gasteiger partial charge in [0.15, 0.2) is 0 Å². The highest BCUT2D eigenvalue weighted by atomic mass is 16.5. The molecule has 0 bridgehead atoms. The molecule has 0 atom stereocenters. The van der Waals surface area contributed by atoms with E-state index in [4.69, 9.17) is 9.84 Å². The first-order valence-electron chi connectivity index (χ1n) is 5.08. The normalized spacial score (nSPS) is 19.5. The molecule has 2 N–H and O–H groups in total. The van der Waals surface area contributed by atoms with E-state index >= 15 is 0 Å². The molecule has 15 heavy (non-hydrogen) atoms. The Morgan fingerprint density at radius 3 is 2.53 bits per heavy atom. The van der Waals surface area contributed by atoms with Crippen LogP contribution in [0.3, 0.4) is 0 Å². The van der Waals surface area contributed by atoms with Crippen LogP contribution in [0, 0.1) is 5.41 Å². The number of ether oxygens (including phenoxy) is 1. The maximum Gasteiger partial charge on any atom is 0.312 e. The van der Waals surface area contributed by atoms with E-state index in [1.165, 1.54) is 0 Å². The van der Waals surface area contributed by atoms with Gasteiger partial charge in [0.05, 0.1) is 0 Å². The Hall–Kier alpha value is -1.10. The number of carboxylic acid groups (broad SMARTS) is 1. The predicted molar refractivity (Wildman–Crippen MR) is 53.4 cm³/mol. The first kappa shape index (κ1) is 12.0. The minimum Gasteiger partial charge on any atom is -0.481 e. The van der Waals surface area contributed by atoms with Crippen molar-refractivity contribution in [3.8, 4) is 0 Å². The topological polar surface area (TPSA) is 75.6 Å². The summed E-state index contributed by atoms with van der Waals surface area (Å²) in [6.07, 6.45) is 1.35. The quantitative estimate of drug-likeness (QED) is 0.665. The Kier molecular flexibility index (Phi) is 4.08. The highest BCUT2D eigenvalue weighted by Gasteiger charge is 2.27. The van der Waals surface area contributed by atoms with Gasteiger partial charge >= 0.3 is 5.97 Å². The van der Waals surface area contributed by atoms with Crippen LogP contribution in [-0.4, -0.2) is 36.7 Å². The summed E-state index contributed by atoms with van der Waals surface area (Å²) in [5, 5.41) is 11.1. The van der Waals surface area contributed by atoms with Crippen molar-refractivity contribution in [2.75, 3.05) is 19.8 Å². The molecule has 0 aliphatic carbocycles. The Morgan fingerprint density at radius 2 is 2.00 bits per heavy atom. The summed E-state index contributed by atoms with van der Waals surface area (Å²) in [5.74, 6) is -1.51. The lowest BCUT2D eigenvalue weighted by atomic mass is 9.82. The second-order valence-corrected chi connectivity index (χ2v) is 4.27. The van der Waals surface area contributed by atoms with Crippen LogP contribution >= 0.6 is 0 Å². The van der Waals surface area contributed by atoms with E-state index in [9.17, 15) is 9.59 Å². The van der Waals surface area contributed by atoms with Crippen LogP contribution in [0.15, 0.2) is 0 Å². The second kappa shape index (κ2) is 5.11. The molecule has 1 amide bonds. The Bertz CT molecular complexity index is 246. The van der Waals surface area contributed by atoms with Crippen molar-refractivity contribution in [2.24, 2.45) is 5.41 Å². The van der Waals surface area contributed by atoms with Crippen molar-refractivity contribution >= 4 is 11.9 Å². The van der Waals surface area contributed by atoms with Gasteiger partial charge < -0.3 is 15.2 Å². The summed E-state index contributed by atoms with van der Waals surface area (Å²) in [5.41, 5.74) is 0.0480. The number of carboxylic acids is 1. The number of rotatable bonds is 4. The Labute approximate surface area is 88.8 Å². The fraction of sp³-hybridized carbons (Fsp3) is 0.800. The first-order chi connectivity index (χ1) is 7.02. The van der Waals surface area contributed by atoms with Crippen molar-refractivity contribution in [3.63, 3.8) is 0 Å². The Balaban J connectivity index is 2.28. The molecule has 0 aromatic rings. The second-order valence-electron chi connectivity index (χ2n) is 4.27. The SMILES string of the molecule is CC1(CNC(=O)CC(=O)O)CCOCC1. The number of amides is 1. The van der Waals surface area contributed by atoms with Crippen molar-refractivity contribution in [2.45, 2.75) is 26.2 Å². The third-order valence-electron chi connectivity index (χ3n) is 2.72. The molecule has 1 aliphatic heterocycles. The van der Waals surface area contributed by atoms with E-state index in [1.807, 2.05) is 0 Å². The largest absolute Gasteiger partial charge is 0.481 e. The molecule has 5 heteroatoms. The highest BCUT2D eigenvalue weighted by Crippen LogP contribution is 2.28. The highest BCUT2D eigenvalue weighted by molar-refractivity contribution is 5.93. The molecule has 0 aromatic carbocycles. The molecule has 0 radical (unpaired) electrons. The van der Waals surface area contributed by atoms with Crippen molar-refractivity contribution < 1.29 is 19.4 Å². The van der Waals surface area contributed by atoms with E-state index in [0.717, 1.165) is 12.8 Å². The van der Waals surface area contributed by atoms with Gasteiger partial charge in [-0.1, -0.05) is 6.92 Å². The molecule has 1 rings (SSSR count). The summed E-state index contributed by atoms with van der Waals surface area (Å²) in [7, 11) is 0. The third-order valence-corrected chi connectivity index (χ3v) is 2.72. The molecule has 0 unspecified atom stereocenters. The maximum atomic E-state index is 11.1. The molecule has 1 fully saturated rings. The lowest BCUT2D eigenvalue weighted by Crippen LogP contribution is -2.39. The van der Waals surface area contributed by atoms with E-state index in [2.05, 4.69) is 12.2 Å². The first-order valence-corrected chi connectivity index (χ1v) is 5.08. The number of carbonyl (C=O) groups excluding carboxylic acids is 1. The van der Waals surface area contributed by atoms with Crippen LogP contribution in [0.2, 0.25) is 0 Å². The summed E-state index contributed by atoms with van der Waals surface area (Å²) in [4.78, 5) is 21.4. The summed E-state index contributed by atoms with van der Waals surface area (Å²) in [6, 6.07) is 0. The summed E-state index contributed by atoms with van der Waals surface area (Å²) in [6.45, 7) is 4.04. The smallest absolute Gasteiger partial charge is 0.312 e. The average molecular weight is 215 g/mol. The zero-order valence-electron chi connectivity index (χ0n) is 8.91. The van der Waals surface area contributed by atoms with E-state index < -0.39 is 18.3 Å². The molecule has 0 spiro atoms. The lowest BCUT2D eigenvalue weighted by Gasteiger charge is -2.33. The minimum atomic E-state index is -1.09. The van der Waals surface area contributed by atoms with Gasteiger partial charge in [0.1, 0.15) is 6.42 Å². The predicted octanol–water partition coefficient (Wildman–Crippen LogP) is 0.394. The molecular formula is C10H17NO4. The van der Waals surface area contributed by atoms with Gasteiger partial charge in [-0.3, -0.25) is 9.59 Å². The van der Waals surface area contributed by atoms with Gasteiger partial charge in [0.25, 0.3) is 0 Å². The fourth-order valence-corrected chi connectivity index (χ4v) is 1.55. The molecule has 5 nitrogen and oxygen atoms in total. The van der Waals surface area contributed by atoms with E-state index in [0.29, 0.717) is 19.8 Å². The number of hydrogen-bond donors (Lipinski definition) is 2. The van der Waals surface area contributed by atoms with Crippen LogP contribution in [0.1, 0.15) is 26.2 Å². The fourth-order valence-electron chi connectivity index (χ4n) is 1.55. The standard InChI is InChI=1S/C10H17NO4/c1-10(2-4-15-5-3-10)7-11-8(12)6-9(13)14/h2-7H2,1H3,(H,11,12)(H,13,14). The zero-order valence-corrected chi connectivity index (χ0v) is 8.91. The number of aliphatic carboxylic acids is 1. The Morgan fingerprint density at radius 1 is 1.40 bits per heavy atom. The third kappa shape index (κ3) is 4.29. The zero-order chi connectivity index (χ0) is 11.3. The number of carbonyl (C=O) groups is 2. The van der Waals surface area contributed by atoms with Gasteiger partial charge in [-0.2, -0.15) is 0 Å². The van der Waals surface area contributed by atoms with Gasteiger partial charge in [-0.05, 0) is 18.3 Å². The van der Waals surface area contributed by atoms with Crippen molar-refractivity contribution in [1.29, 1.82) is 0 Å². The van der Waals surface area contributed by atoms with E-state index in [-0.39, 0.29) is 5.41 Å². The maximum absolute atomic E-state index is 11.1. The van der Waals surface area contributed by atoms with Crippen LogP contribution < -0.4 is 5.32 Å². The van der Waals surface area contributed by atoms with Gasteiger partial charge in [-0.25, -0.2) is 0 Å². The van der Waals surface area contributed by atoms with Crippen LogP contribution in [0.5, 0.6) is 0 Å². The molecule has 1 aliphatic rings. The molecule has 1 saturated heterocycles. The number of nitrogens with one attached hydrogen (secondary N) is 1. The molecular weight excluding hydrogens is 198 g/mol.